The number of benzene rings is 1. The van der Waals surface area contributed by atoms with Crippen molar-refractivity contribution in [2.45, 2.75) is 19.8 Å². The second-order valence-electron chi connectivity index (χ2n) is 3.51. The predicted octanol–water partition coefficient (Wildman–Crippen LogP) is 3.73. The maximum Gasteiger partial charge on any atom is -0.0185 e. The lowest BCUT2D eigenvalue weighted by Crippen LogP contribution is -1.86. The highest BCUT2D eigenvalue weighted by atomic mass is 14.0. The largest absolute Gasteiger partial charge is 0.0836 e. The first-order valence-electron chi connectivity index (χ1n) is 4.80. The molecule has 0 aromatic heterocycles. The Morgan fingerprint density at radius 3 is 2.77 bits per heavy atom. The Morgan fingerprint density at radius 2 is 2.08 bits per heavy atom. The van der Waals surface area contributed by atoms with Gasteiger partial charge in [0, 0.05) is 0 Å². The molecule has 1 aromatic rings. The maximum atomic E-state index is 2.31. The van der Waals surface area contributed by atoms with E-state index in [9.17, 15) is 0 Å². The lowest BCUT2D eigenvalue weighted by Gasteiger charge is -2.07. The zero-order chi connectivity index (χ0) is 9.10. The topological polar surface area (TPSA) is 0 Å². The van der Waals surface area contributed by atoms with Gasteiger partial charge in [0.25, 0.3) is 0 Å². The van der Waals surface area contributed by atoms with E-state index in [-0.39, 0.29) is 0 Å². The van der Waals surface area contributed by atoms with Gasteiger partial charge in [-0.15, -0.1) is 0 Å². The van der Waals surface area contributed by atoms with Crippen molar-refractivity contribution in [1.29, 1.82) is 0 Å². The summed E-state index contributed by atoms with van der Waals surface area (Å²) >= 11 is 0. The van der Waals surface area contributed by atoms with Crippen molar-refractivity contribution in [3.63, 3.8) is 0 Å². The van der Waals surface area contributed by atoms with Crippen LogP contribution in [0.2, 0.25) is 0 Å². The van der Waals surface area contributed by atoms with Gasteiger partial charge in [-0.2, -0.15) is 0 Å². The minimum absolute atomic E-state index is 1.18. The van der Waals surface area contributed by atoms with E-state index < -0.39 is 0 Å². The molecule has 1 aliphatic carbocycles. The van der Waals surface area contributed by atoms with Crippen LogP contribution in [-0.4, -0.2) is 0 Å². The van der Waals surface area contributed by atoms with Crippen molar-refractivity contribution < 1.29 is 0 Å². The second kappa shape index (κ2) is 3.61. The Labute approximate surface area is 79.6 Å². The molecule has 13 heavy (non-hydrogen) atoms. The van der Waals surface area contributed by atoms with Crippen LogP contribution in [0.25, 0.3) is 5.57 Å². The third kappa shape index (κ3) is 1.89. The van der Waals surface area contributed by atoms with Gasteiger partial charge < -0.3 is 0 Å². The van der Waals surface area contributed by atoms with Gasteiger partial charge in [-0.1, -0.05) is 48.1 Å². The van der Waals surface area contributed by atoms with Crippen molar-refractivity contribution in [1.82, 2.24) is 0 Å². The molecule has 1 aliphatic rings. The molecule has 0 heteroatoms. The van der Waals surface area contributed by atoms with Crippen LogP contribution in [-0.2, 0) is 0 Å². The molecule has 0 amide bonds. The monoisotopic (exact) mass is 170 g/mol. The van der Waals surface area contributed by atoms with Gasteiger partial charge in [-0.05, 0) is 30.9 Å². The molecule has 0 heterocycles. The fourth-order valence-electron chi connectivity index (χ4n) is 1.65. The lowest BCUT2D eigenvalue weighted by atomic mass is 9.98. The summed E-state index contributed by atoms with van der Waals surface area (Å²) in [5.41, 5.74) is 4.04. The first-order valence-corrected chi connectivity index (χ1v) is 4.80. The third-order valence-electron chi connectivity index (χ3n) is 2.35. The summed E-state index contributed by atoms with van der Waals surface area (Å²) in [6.45, 7) is 2.14. The summed E-state index contributed by atoms with van der Waals surface area (Å²) in [6, 6.07) is 8.67. The summed E-state index contributed by atoms with van der Waals surface area (Å²) in [5, 5.41) is 0. The van der Waals surface area contributed by atoms with E-state index in [1.807, 2.05) is 0 Å². The minimum Gasteiger partial charge on any atom is -0.0836 e. The first-order chi connectivity index (χ1) is 6.36. The smallest absolute Gasteiger partial charge is 0.0185 e. The number of allylic oxidation sites excluding steroid dienone is 4. The standard InChI is InChI=1S/C13H14/c1-11-6-5-9-13(10-11)12-7-3-2-4-8-12/h3,5-10H,2,4H2,1H3. The fourth-order valence-corrected chi connectivity index (χ4v) is 1.65. The second-order valence-corrected chi connectivity index (χ2v) is 3.51. The van der Waals surface area contributed by atoms with Crippen LogP contribution in [0, 0.1) is 6.92 Å². The molecule has 0 atom stereocenters. The molecule has 0 saturated carbocycles. The zero-order valence-electron chi connectivity index (χ0n) is 7.96. The number of aryl methyl sites for hydroxylation is 1. The molecular weight excluding hydrogens is 156 g/mol. The van der Waals surface area contributed by atoms with Crippen LogP contribution >= 0.6 is 0 Å². The van der Waals surface area contributed by atoms with Gasteiger partial charge in [0.2, 0.25) is 0 Å². The normalized spacial score (nSPS) is 15.6. The molecule has 0 unspecified atom stereocenters. The van der Waals surface area contributed by atoms with E-state index in [1.165, 1.54) is 29.5 Å². The molecular formula is C13H14. The van der Waals surface area contributed by atoms with E-state index in [2.05, 4.69) is 49.4 Å². The Hall–Kier alpha value is -1.30. The molecule has 0 N–H and O–H groups in total. The Kier molecular flexibility index (Phi) is 2.31. The van der Waals surface area contributed by atoms with E-state index in [0.717, 1.165) is 0 Å². The summed E-state index contributed by atoms with van der Waals surface area (Å²) in [6.07, 6.45) is 9.15. The van der Waals surface area contributed by atoms with Crippen LogP contribution in [0.15, 0.2) is 42.5 Å². The van der Waals surface area contributed by atoms with E-state index in [4.69, 9.17) is 0 Å². The molecule has 0 fully saturated rings. The highest BCUT2D eigenvalue weighted by molar-refractivity contribution is 5.74. The average Bonchev–Trinajstić information content (AvgIpc) is 2.19. The molecule has 0 aliphatic heterocycles. The molecule has 0 nitrogen and oxygen atoms in total. The van der Waals surface area contributed by atoms with E-state index in [0.29, 0.717) is 0 Å². The molecule has 0 saturated heterocycles. The van der Waals surface area contributed by atoms with Crippen molar-refractivity contribution in [2.24, 2.45) is 0 Å². The van der Waals surface area contributed by atoms with E-state index in [1.54, 1.807) is 0 Å². The molecule has 0 radical (unpaired) electrons. The fraction of sp³-hybridized carbons (Fsp3) is 0.231. The van der Waals surface area contributed by atoms with Crippen LogP contribution < -0.4 is 0 Å². The van der Waals surface area contributed by atoms with Crippen LogP contribution in [0.5, 0.6) is 0 Å². The van der Waals surface area contributed by atoms with Gasteiger partial charge in [-0.3, -0.25) is 0 Å². The van der Waals surface area contributed by atoms with Crippen LogP contribution in [0.4, 0.5) is 0 Å². The molecule has 66 valence electrons. The third-order valence-corrected chi connectivity index (χ3v) is 2.35. The minimum atomic E-state index is 1.18. The zero-order valence-corrected chi connectivity index (χ0v) is 7.96. The van der Waals surface area contributed by atoms with E-state index >= 15 is 0 Å². The van der Waals surface area contributed by atoms with Crippen molar-refractivity contribution in [3.05, 3.63) is 53.6 Å². The van der Waals surface area contributed by atoms with Crippen LogP contribution in [0.1, 0.15) is 24.0 Å². The molecule has 2 rings (SSSR count). The van der Waals surface area contributed by atoms with Gasteiger partial charge in [-0.25, -0.2) is 0 Å². The lowest BCUT2D eigenvalue weighted by molar-refractivity contribution is 1.04. The molecule has 0 spiro atoms. The molecule has 0 bridgehead atoms. The highest BCUT2D eigenvalue weighted by Gasteiger charge is 2.00. The van der Waals surface area contributed by atoms with Gasteiger partial charge in [0.05, 0.1) is 0 Å². The number of hydrogen-bond donors (Lipinski definition) is 0. The van der Waals surface area contributed by atoms with Crippen molar-refractivity contribution >= 4 is 5.57 Å². The van der Waals surface area contributed by atoms with Crippen LogP contribution in [0.3, 0.4) is 0 Å². The summed E-state index contributed by atoms with van der Waals surface area (Å²) in [4.78, 5) is 0. The van der Waals surface area contributed by atoms with Crippen molar-refractivity contribution in [2.75, 3.05) is 0 Å². The summed E-state index contributed by atoms with van der Waals surface area (Å²) < 4.78 is 0. The van der Waals surface area contributed by atoms with Gasteiger partial charge in [0.1, 0.15) is 0 Å². The average molecular weight is 170 g/mol. The van der Waals surface area contributed by atoms with Gasteiger partial charge >= 0.3 is 0 Å². The van der Waals surface area contributed by atoms with Gasteiger partial charge in [0.15, 0.2) is 0 Å². The SMILES string of the molecule is Cc1cccc(C2=CCCC=C2)c1. The summed E-state index contributed by atoms with van der Waals surface area (Å²) in [5.74, 6) is 0. The Balaban J connectivity index is 2.35. The Bertz CT molecular complexity index is 356. The number of hydrogen-bond acceptors (Lipinski definition) is 0. The Morgan fingerprint density at radius 1 is 1.15 bits per heavy atom. The molecule has 1 aromatic carbocycles. The first kappa shape index (κ1) is 8.31. The summed E-state index contributed by atoms with van der Waals surface area (Å²) in [7, 11) is 0. The maximum absolute atomic E-state index is 2.31. The predicted molar refractivity (Wildman–Crippen MR) is 57.5 cm³/mol. The highest BCUT2D eigenvalue weighted by Crippen LogP contribution is 2.21. The van der Waals surface area contributed by atoms with Crippen molar-refractivity contribution in [3.8, 4) is 0 Å². The number of rotatable bonds is 1. The quantitative estimate of drug-likeness (QED) is 0.602.